The van der Waals surface area contributed by atoms with Gasteiger partial charge >= 0.3 is 5.97 Å². The molecule has 0 fully saturated rings. The molecule has 2 heterocycles. The van der Waals surface area contributed by atoms with E-state index >= 15 is 0 Å². The smallest absolute Gasteiger partial charge is 0.338 e. The molecule has 0 amide bonds. The van der Waals surface area contributed by atoms with Crippen molar-refractivity contribution in [3.05, 3.63) is 158 Å². The Kier molecular flexibility index (Phi) is 9.70. The number of thiazole rings is 1. The van der Waals surface area contributed by atoms with Gasteiger partial charge in [-0.1, -0.05) is 112 Å². The quantitative estimate of drug-likeness (QED) is 0.120. The van der Waals surface area contributed by atoms with Gasteiger partial charge in [-0.2, -0.15) is 0 Å². The Morgan fingerprint density at radius 1 is 1.04 bits per heavy atom. The van der Waals surface area contributed by atoms with Crippen LogP contribution in [0.4, 0.5) is 0 Å². The van der Waals surface area contributed by atoms with Crippen LogP contribution in [-0.2, 0) is 16.1 Å². The molecule has 1 aliphatic heterocycles. The highest BCUT2D eigenvalue weighted by Gasteiger charge is 2.35. The van der Waals surface area contributed by atoms with Crippen molar-refractivity contribution in [2.24, 2.45) is 4.99 Å². The van der Waals surface area contributed by atoms with Crippen LogP contribution in [0.1, 0.15) is 35.2 Å². The van der Waals surface area contributed by atoms with Crippen LogP contribution >= 0.6 is 61.5 Å². The summed E-state index contributed by atoms with van der Waals surface area (Å²) in [7, 11) is 0. The lowest BCUT2D eigenvalue weighted by Crippen LogP contribution is -2.40. The van der Waals surface area contributed by atoms with Crippen molar-refractivity contribution in [3.63, 3.8) is 0 Å². The zero-order valence-corrected chi connectivity index (χ0v) is 29.2. The van der Waals surface area contributed by atoms with Gasteiger partial charge in [-0.3, -0.25) is 9.36 Å². The van der Waals surface area contributed by atoms with E-state index in [2.05, 4.69) is 38.5 Å². The summed E-state index contributed by atoms with van der Waals surface area (Å²) in [5.41, 5.74) is 3.70. The SMILES string of the molecule is CCOC(=O)C1=C(c2ccccc2)N=c2s/c(=C\c3cc(Br)cc(I)c3OCc3ccccc3)c(=O)n2[C@H]1c1ccc(Cl)cc1. The van der Waals surface area contributed by atoms with E-state index in [4.69, 9.17) is 26.1 Å². The van der Waals surface area contributed by atoms with Crippen molar-refractivity contribution in [1.29, 1.82) is 0 Å². The molecule has 5 aromatic rings. The van der Waals surface area contributed by atoms with Crippen LogP contribution in [-0.4, -0.2) is 17.1 Å². The van der Waals surface area contributed by atoms with Gasteiger partial charge in [-0.25, -0.2) is 9.79 Å². The van der Waals surface area contributed by atoms with E-state index in [1.807, 2.05) is 91.0 Å². The fourth-order valence-electron chi connectivity index (χ4n) is 5.11. The third-order valence-corrected chi connectivity index (χ3v) is 9.60. The van der Waals surface area contributed by atoms with E-state index in [0.29, 0.717) is 38.0 Å². The van der Waals surface area contributed by atoms with Crippen molar-refractivity contribution in [2.45, 2.75) is 19.6 Å². The number of esters is 1. The van der Waals surface area contributed by atoms with E-state index in [1.165, 1.54) is 11.3 Å². The number of hydrogen-bond donors (Lipinski definition) is 0. The van der Waals surface area contributed by atoms with Crippen LogP contribution in [0.3, 0.4) is 0 Å². The Morgan fingerprint density at radius 2 is 1.73 bits per heavy atom. The first-order valence-corrected chi connectivity index (χ1v) is 17.1. The molecule has 0 N–H and O–H groups in total. The highest BCUT2D eigenvalue weighted by atomic mass is 127. The van der Waals surface area contributed by atoms with E-state index in [1.54, 1.807) is 23.6 Å². The number of aromatic nitrogens is 1. The molecular weight excluding hydrogens is 787 g/mol. The van der Waals surface area contributed by atoms with Gasteiger partial charge in [0.25, 0.3) is 5.56 Å². The second-order valence-electron chi connectivity index (χ2n) is 10.1. The molecule has 226 valence electrons. The van der Waals surface area contributed by atoms with Gasteiger partial charge in [0.05, 0.1) is 32.0 Å². The summed E-state index contributed by atoms with van der Waals surface area (Å²) in [4.78, 5) is 33.4. The Hall–Kier alpha value is -3.51. The molecule has 0 saturated heterocycles. The molecule has 4 aromatic carbocycles. The van der Waals surface area contributed by atoms with Gasteiger partial charge in [0.2, 0.25) is 0 Å². The highest BCUT2D eigenvalue weighted by molar-refractivity contribution is 14.1. The Morgan fingerprint density at radius 3 is 2.42 bits per heavy atom. The maximum Gasteiger partial charge on any atom is 0.338 e. The van der Waals surface area contributed by atoms with E-state index in [-0.39, 0.29) is 17.7 Å². The van der Waals surface area contributed by atoms with E-state index < -0.39 is 12.0 Å². The fourth-order valence-corrected chi connectivity index (χ4v) is 7.94. The summed E-state index contributed by atoms with van der Waals surface area (Å²) in [5.74, 6) is 0.132. The summed E-state index contributed by atoms with van der Waals surface area (Å²) < 4.78 is 15.6. The predicted octanol–water partition coefficient (Wildman–Crippen LogP) is 7.54. The number of rotatable bonds is 8. The number of carbonyl (C=O) groups excluding carboxylic acids is 1. The average molecular weight is 812 g/mol. The van der Waals surface area contributed by atoms with Gasteiger partial charge in [-0.15, -0.1) is 0 Å². The van der Waals surface area contributed by atoms with Gasteiger partial charge in [-0.05, 0) is 71.0 Å². The predicted molar refractivity (Wildman–Crippen MR) is 190 cm³/mol. The molecule has 10 heteroatoms. The molecule has 1 aliphatic rings. The summed E-state index contributed by atoms with van der Waals surface area (Å²) in [6, 6.07) is 29.6. The second-order valence-corrected chi connectivity index (χ2v) is 13.6. The lowest BCUT2D eigenvalue weighted by molar-refractivity contribution is -0.138. The van der Waals surface area contributed by atoms with E-state index in [0.717, 1.165) is 24.7 Å². The molecule has 6 nitrogen and oxygen atoms in total. The number of benzene rings is 4. The minimum absolute atomic E-state index is 0.176. The van der Waals surface area contributed by atoms with Crippen molar-refractivity contribution >= 4 is 79.2 Å². The first kappa shape index (κ1) is 31.5. The van der Waals surface area contributed by atoms with Crippen LogP contribution in [0.2, 0.25) is 5.02 Å². The summed E-state index contributed by atoms with van der Waals surface area (Å²) >= 11 is 13.3. The third kappa shape index (κ3) is 6.72. The molecule has 0 spiro atoms. The van der Waals surface area contributed by atoms with Crippen molar-refractivity contribution in [3.8, 4) is 5.75 Å². The van der Waals surface area contributed by atoms with Crippen LogP contribution < -0.4 is 19.6 Å². The molecule has 1 aromatic heterocycles. The number of nitrogens with zero attached hydrogens (tertiary/aromatic N) is 2. The molecule has 45 heavy (non-hydrogen) atoms. The molecule has 0 bridgehead atoms. The molecule has 0 radical (unpaired) electrons. The van der Waals surface area contributed by atoms with Gasteiger partial charge in [0, 0.05) is 20.6 Å². The zero-order valence-electron chi connectivity index (χ0n) is 23.9. The number of carbonyl (C=O) groups is 1. The van der Waals surface area contributed by atoms with Crippen molar-refractivity contribution < 1.29 is 14.3 Å². The number of halogens is 3. The zero-order chi connectivity index (χ0) is 31.5. The van der Waals surface area contributed by atoms with Crippen LogP contribution in [0, 0.1) is 3.57 Å². The minimum Gasteiger partial charge on any atom is -0.487 e. The Balaban J connectivity index is 1.57. The normalized spacial score (nSPS) is 14.6. The van der Waals surface area contributed by atoms with Crippen molar-refractivity contribution in [2.75, 3.05) is 6.61 Å². The highest BCUT2D eigenvalue weighted by Crippen LogP contribution is 2.36. The minimum atomic E-state index is -0.786. The lowest BCUT2D eigenvalue weighted by Gasteiger charge is -2.26. The topological polar surface area (TPSA) is 69.9 Å². The molecule has 0 saturated carbocycles. The van der Waals surface area contributed by atoms with Gasteiger partial charge in [0.1, 0.15) is 12.4 Å². The second kappa shape index (κ2) is 13.9. The summed E-state index contributed by atoms with van der Waals surface area (Å²) in [5, 5.41) is 0.545. The van der Waals surface area contributed by atoms with E-state index in [9.17, 15) is 9.59 Å². The number of hydrogen-bond acceptors (Lipinski definition) is 6. The maximum absolute atomic E-state index is 14.3. The monoisotopic (exact) mass is 810 g/mol. The summed E-state index contributed by atoms with van der Waals surface area (Å²) in [6.07, 6.45) is 1.83. The van der Waals surface area contributed by atoms with Crippen molar-refractivity contribution in [1.82, 2.24) is 4.57 Å². The largest absolute Gasteiger partial charge is 0.487 e. The first-order chi connectivity index (χ1) is 21.8. The molecule has 6 rings (SSSR count). The van der Waals surface area contributed by atoms with Gasteiger partial charge < -0.3 is 9.47 Å². The number of fused-ring (bicyclic) bond motifs is 1. The van der Waals surface area contributed by atoms with Crippen LogP contribution in [0.5, 0.6) is 5.75 Å². The molecular formula is C35H25BrClIN2O4S. The third-order valence-electron chi connectivity index (χ3n) is 7.11. The molecule has 0 aliphatic carbocycles. The molecule has 0 unspecified atom stereocenters. The lowest BCUT2D eigenvalue weighted by atomic mass is 9.93. The first-order valence-electron chi connectivity index (χ1n) is 14.0. The van der Waals surface area contributed by atoms with Gasteiger partial charge in [0.15, 0.2) is 4.80 Å². The molecule has 1 atom stereocenters. The standard InChI is InChI=1S/C35H25BrClIN2O4S/c1-2-43-34(42)29-30(22-11-7-4-8-12-22)39-35-40(31(29)23-13-15-26(37)16-14-23)33(41)28(45-35)18-24-17-25(36)19-27(38)32(24)44-20-21-9-5-3-6-10-21/h3-19,31H,2,20H2,1H3/b28-18-/t31-/m0/s1. The average Bonchev–Trinajstić information content (AvgIpc) is 3.35. The fraction of sp³-hybridized carbons (Fsp3) is 0.114. The van der Waals surface area contributed by atoms with Crippen LogP contribution in [0.25, 0.3) is 11.8 Å². The Labute approximate surface area is 290 Å². The number of ether oxygens (including phenoxy) is 2. The Bertz CT molecular complexity index is 2100. The van der Waals surface area contributed by atoms with Crippen LogP contribution in [0.15, 0.2) is 117 Å². The summed E-state index contributed by atoms with van der Waals surface area (Å²) in [6.45, 7) is 2.31. The maximum atomic E-state index is 14.3.